The van der Waals surface area contributed by atoms with Gasteiger partial charge in [0.2, 0.25) is 15.9 Å². The van der Waals surface area contributed by atoms with Gasteiger partial charge in [0.05, 0.1) is 15.7 Å². The van der Waals surface area contributed by atoms with Crippen LogP contribution in [0.15, 0.2) is 71.9 Å². The first kappa shape index (κ1) is 38.9. The summed E-state index contributed by atoms with van der Waals surface area (Å²) in [6, 6.07) is 16.7. The summed E-state index contributed by atoms with van der Waals surface area (Å²) in [6.07, 6.45) is 3.89. The van der Waals surface area contributed by atoms with Crippen molar-refractivity contribution in [3.05, 3.63) is 94.3 Å². The molecule has 0 bridgehead atoms. The molecule has 0 saturated heterocycles. The fourth-order valence-corrected chi connectivity index (χ4v) is 7.39. The Morgan fingerprint density at radius 3 is 2.40 bits per heavy atom. The van der Waals surface area contributed by atoms with E-state index in [9.17, 15) is 21.6 Å². The van der Waals surface area contributed by atoms with Gasteiger partial charge in [-0.25, -0.2) is 16.8 Å². The molecule has 0 fully saturated rings. The van der Waals surface area contributed by atoms with E-state index in [2.05, 4.69) is 9.71 Å². The Morgan fingerprint density at radius 1 is 0.942 bits per heavy atom. The first-order valence-corrected chi connectivity index (χ1v) is 20.4. The predicted octanol–water partition coefficient (Wildman–Crippen LogP) is 5.58. The average Bonchev–Trinajstić information content (AvgIpc) is 3.10. The van der Waals surface area contributed by atoms with Crippen LogP contribution in [0.2, 0.25) is 5.02 Å². The molecule has 1 aliphatic rings. The molecule has 278 valence electrons. The van der Waals surface area contributed by atoms with Gasteiger partial charge in [0.15, 0.2) is 21.3 Å². The van der Waals surface area contributed by atoms with E-state index in [4.69, 9.17) is 30.5 Å². The number of aromatic nitrogens is 1. The molecule has 0 unspecified atom stereocenters. The second kappa shape index (κ2) is 16.5. The Labute approximate surface area is 310 Å². The molecular weight excluding hydrogens is 730 g/mol. The van der Waals surface area contributed by atoms with Crippen molar-refractivity contribution in [3.8, 4) is 34.1 Å². The minimum atomic E-state index is -3.85. The molecule has 1 aliphatic heterocycles. The quantitative estimate of drug-likeness (QED) is 0.162. The van der Waals surface area contributed by atoms with Crippen molar-refractivity contribution in [2.24, 2.45) is 5.92 Å². The number of halogens is 1. The molecule has 1 aromatic heterocycles. The van der Waals surface area contributed by atoms with Crippen LogP contribution < -0.4 is 23.7 Å². The van der Waals surface area contributed by atoms with Gasteiger partial charge in [-0.15, -0.1) is 0 Å². The highest BCUT2D eigenvalue weighted by Gasteiger charge is 2.20. The Morgan fingerprint density at radius 2 is 1.67 bits per heavy atom. The zero-order chi connectivity index (χ0) is 37.6. The first-order chi connectivity index (χ1) is 24.6. The van der Waals surface area contributed by atoms with E-state index in [0.29, 0.717) is 52.4 Å². The Kier molecular flexibility index (Phi) is 12.4. The van der Waals surface area contributed by atoms with Gasteiger partial charge in [0.25, 0.3) is 0 Å². The van der Waals surface area contributed by atoms with Crippen molar-refractivity contribution in [3.63, 3.8) is 0 Å². The SMILES string of the molecule is Cc1c(COc2cc(OCc3cncc(S(C)(=O)=O)c3)c(CN(C)CCS(=O)(=O)NC(=O)C(C)C)cc2Cl)cccc1-c1ccc2c(c1)OCCO2. The van der Waals surface area contributed by atoms with Crippen molar-refractivity contribution >= 4 is 37.4 Å². The molecule has 15 heteroatoms. The summed E-state index contributed by atoms with van der Waals surface area (Å²) in [4.78, 5) is 17.8. The van der Waals surface area contributed by atoms with Crippen LogP contribution in [0.25, 0.3) is 11.1 Å². The molecule has 12 nitrogen and oxygen atoms in total. The molecule has 1 amide bonds. The van der Waals surface area contributed by atoms with Gasteiger partial charge >= 0.3 is 0 Å². The third-order valence-electron chi connectivity index (χ3n) is 8.35. The van der Waals surface area contributed by atoms with Gasteiger partial charge < -0.3 is 23.8 Å². The highest BCUT2D eigenvalue weighted by molar-refractivity contribution is 7.90. The van der Waals surface area contributed by atoms with Gasteiger partial charge in [-0.1, -0.05) is 49.7 Å². The van der Waals surface area contributed by atoms with E-state index in [-0.39, 0.29) is 37.0 Å². The van der Waals surface area contributed by atoms with E-state index in [1.165, 1.54) is 18.5 Å². The molecule has 52 heavy (non-hydrogen) atoms. The Balaban J connectivity index is 1.36. The van der Waals surface area contributed by atoms with Crippen LogP contribution in [0.1, 0.15) is 36.1 Å². The fraction of sp³-hybridized carbons (Fsp3) is 0.351. The lowest BCUT2D eigenvalue weighted by atomic mass is 9.96. The second-order valence-corrected chi connectivity index (χ2v) is 17.2. The minimum absolute atomic E-state index is 0.0134. The summed E-state index contributed by atoms with van der Waals surface area (Å²) >= 11 is 6.77. The summed E-state index contributed by atoms with van der Waals surface area (Å²) < 4.78 is 75.3. The minimum Gasteiger partial charge on any atom is -0.488 e. The second-order valence-electron chi connectivity index (χ2n) is 12.9. The smallest absolute Gasteiger partial charge is 0.236 e. The average molecular weight is 772 g/mol. The zero-order valence-corrected chi connectivity index (χ0v) is 32.0. The third-order valence-corrected chi connectivity index (χ3v) is 11.0. The van der Waals surface area contributed by atoms with Gasteiger partial charge in [-0.05, 0) is 60.5 Å². The fourth-order valence-electron chi connectivity index (χ4n) is 5.34. The highest BCUT2D eigenvalue weighted by atomic mass is 35.5. The largest absolute Gasteiger partial charge is 0.488 e. The number of ether oxygens (including phenoxy) is 4. The lowest BCUT2D eigenvalue weighted by Gasteiger charge is -2.21. The molecule has 2 heterocycles. The number of benzene rings is 3. The van der Waals surface area contributed by atoms with E-state index in [1.807, 2.05) is 43.3 Å². The van der Waals surface area contributed by atoms with E-state index < -0.39 is 31.7 Å². The number of carbonyl (C=O) groups is 1. The number of carbonyl (C=O) groups excluding carboxylic acids is 1. The molecule has 4 aromatic rings. The molecule has 0 atom stereocenters. The highest BCUT2D eigenvalue weighted by Crippen LogP contribution is 2.38. The summed E-state index contributed by atoms with van der Waals surface area (Å²) in [5.41, 5.74) is 5.11. The standard InChI is InChI=1S/C37H42ClN3O9S2/c1-24(2)37(42)40-52(45,46)14-11-41(4)21-29-16-32(38)35(18-34(29)49-22-26-15-30(20-39-19-26)51(5,43)44)50-23-28-7-6-8-31(25(28)3)27-9-10-33-36(17-27)48-13-12-47-33/h6-10,15-20,24H,11-14,21-23H2,1-5H3,(H,40,42). The van der Waals surface area contributed by atoms with Crippen LogP contribution >= 0.6 is 11.6 Å². The van der Waals surface area contributed by atoms with Gasteiger partial charge in [-0.3, -0.25) is 14.5 Å². The monoisotopic (exact) mass is 771 g/mol. The molecule has 3 aromatic carbocycles. The number of fused-ring (bicyclic) bond motifs is 1. The van der Waals surface area contributed by atoms with Crippen LogP contribution in [0.5, 0.6) is 23.0 Å². The van der Waals surface area contributed by atoms with Crippen LogP contribution in [0, 0.1) is 12.8 Å². The van der Waals surface area contributed by atoms with Gasteiger partial charge in [0.1, 0.15) is 37.9 Å². The summed E-state index contributed by atoms with van der Waals surface area (Å²) in [5.74, 6) is 0.822. The van der Waals surface area contributed by atoms with Crippen LogP contribution in [0.3, 0.4) is 0 Å². The summed E-state index contributed by atoms with van der Waals surface area (Å²) in [5, 5.41) is 0.314. The maximum absolute atomic E-state index is 12.5. The number of sulfone groups is 1. The van der Waals surface area contributed by atoms with Crippen molar-refractivity contribution in [1.29, 1.82) is 0 Å². The van der Waals surface area contributed by atoms with Crippen LogP contribution in [0.4, 0.5) is 0 Å². The van der Waals surface area contributed by atoms with Crippen molar-refractivity contribution in [1.82, 2.24) is 14.6 Å². The molecule has 5 rings (SSSR count). The number of rotatable bonds is 15. The lowest BCUT2D eigenvalue weighted by Crippen LogP contribution is -2.38. The number of sulfonamides is 1. The third kappa shape index (κ3) is 10.1. The van der Waals surface area contributed by atoms with E-state index in [0.717, 1.165) is 28.5 Å². The molecule has 0 radical (unpaired) electrons. The number of hydrogen-bond acceptors (Lipinski definition) is 11. The maximum atomic E-state index is 12.5. The van der Waals surface area contributed by atoms with Crippen LogP contribution in [-0.2, 0) is 44.4 Å². The Hall–Kier alpha value is -4.37. The van der Waals surface area contributed by atoms with Gasteiger partial charge in [0, 0.05) is 54.9 Å². The lowest BCUT2D eigenvalue weighted by molar-refractivity contribution is -0.122. The van der Waals surface area contributed by atoms with Crippen molar-refractivity contribution < 1.29 is 40.6 Å². The zero-order valence-electron chi connectivity index (χ0n) is 29.6. The molecule has 0 aliphatic carbocycles. The summed E-state index contributed by atoms with van der Waals surface area (Å²) in [6.45, 7) is 6.79. The topological polar surface area (TPSA) is 150 Å². The van der Waals surface area contributed by atoms with Crippen molar-refractivity contribution in [2.45, 2.75) is 45.4 Å². The first-order valence-electron chi connectivity index (χ1n) is 16.5. The molecule has 0 saturated carbocycles. The molecule has 0 spiro atoms. The Bertz CT molecular complexity index is 2160. The van der Waals surface area contributed by atoms with Crippen LogP contribution in [-0.4, -0.2) is 71.4 Å². The number of pyridine rings is 1. The number of hydrogen-bond donors (Lipinski definition) is 1. The summed E-state index contributed by atoms with van der Waals surface area (Å²) in [7, 11) is -5.60. The van der Waals surface area contributed by atoms with E-state index >= 15 is 0 Å². The number of amides is 1. The molecule has 1 N–H and O–H groups in total. The van der Waals surface area contributed by atoms with E-state index in [1.54, 1.807) is 37.9 Å². The predicted molar refractivity (Wildman–Crippen MR) is 198 cm³/mol. The maximum Gasteiger partial charge on any atom is 0.236 e. The number of nitrogens with zero attached hydrogens (tertiary/aromatic N) is 2. The van der Waals surface area contributed by atoms with Gasteiger partial charge in [-0.2, -0.15) is 0 Å². The normalized spacial score (nSPS) is 12.9. The molecular formula is C37H42ClN3O9S2. The number of nitrogens with one attached hydrogen (secondary N) is 1. The van der Waals surface area contributed by atoms with Crippen molar-refractivity contribution in [2.75, 3.05) is 38.8 Å².